The minimum absolute atomic E-state index is 0.0355. The molecule has 0 radical (unpaired) electrons. The lowest BCUT2D eigenvalue weighted by Gasteiger charge is -2.46. The summed E-state index contributed by atoms with van der Waals surface area (Å²) in [6, 6.07) is 48.5. The molecule has 4 heteroatoms. The predicted octanol–water partition coefficient (Wildman–Crippen LogP) is 18.3. The highest BCUT2D eigenvalue weighted by atomic mass is 15.2. The van der Waals surface area contributed by atoms with E-state index in [1.54, 1.807) is 0 Å². The van der Waals surface area contributed by atoms with Crippen LogP contribution in [-0.2, 0) is 32.5 Å². The van der Waals surface area contributed by atoms with Crippen LogP contribution in [0.2, 0.25) is 0 Å². The molecular formula is C70H86BN3. The van der Waals surface area contributed by atoms with E-state index in [-0.39, 0.29) is 39.2 Å². The van der Waals surface area contributed by atoms with Crippen molar-refractivity contribution in [3.8, 4) is 0 Å². The van der Waals surface area contributed by atoms with Gasteiger partial charge in [-0.2, -0.15) is 0 Å². The van der Waals surface area contributed by atoms with Gasteiger partial charge in [0.25, 0.3) is 6.71 Å². The summed E-state index contributed by atoms with van der Waals surface area (Å²) in [6.07, 6.45) is 0. The Morgan fingerprint density at radius 2 is 0.595 bits per heavy atom. The number of para-hydroxylation sites is 2. The highest BCUT2D eigenvalue weighted by Crippen LogP contribution is 2.52. The van der Waals surface area contributed by atoms with E-state index in [9.17, 15) is 0 Å². The van der Waals surface area contributed by atoms with E-state index in [0.717, 1.165) is 5.69 Å². The fourth-order valence-electron chi connectivity index (χ4n) is 11.5. The summed E-state index contributed by atoms with van der Waals surface area (Å²) in [4.78, 5) is 7.94. The smallest absolute Gasteiger partial charge is 0.252 e. The SMILES string of the molecule is Cc1cccc(C)c1N1c2ccc(C(C)(C)C)cc2B2c3cc(C(C)(C)C)ccc3N(c3c(C)cccc3C)c3cc(N(c4cc(C(C)(C)C)cc(C(C)(C)C)c4)c4cc(C(C)(C)C)cc(C(C)(C)C)c4)cc1c32. The Hall–Kier alpha value is -6.00. The largest absolute Gasteiger partial charge is 0.311 e. The molecule has 0 saturated carbocycles. The molecule has 7 aromatic rings. The minimum atomic E-state index is -0.0931. The van der Waals surface area contributed by atoms with Crippen LogP contribution in [0.5, 0.6) is 0 Å². The lowest BCUT2D eigenvalue weighted by Crippen LogP contribution is -2.62. The first-order valence-electron chi connectivity index (χ1n) is 27.5. The highest BCUT2D eigenvalue weighted by Gasteiger charge is 2.46. The molecule has 0 N–H and O–H groups in total. The van der Waals surface area contributed by atoms with Crippen LogP contribution in [0.1, 0.15) is 180 Å². The third-order valence-corrected chi connectivity index (χ3v) is 16.2. The van der Waals surface area contributed by atoms with Crippen LogP contribution in [-0.4, -0.2) is 6.71 Å². The van der Waals surface area contributed by atoms with Crippen LogP contribution in [0, 0.1) is 27.7 Å². The van der Waals surface area contributed by atoms with Gasteiger partial charge in [0.2, 0.25) is 0 Å². The molecule has 0 atom stereocenters. The van der Waals surface area contributed by atoms with Crippen molar-refractivity contribution in [3.05, 3.63) is 177 Å². The highest BCUT2D eigenvalue weighted by molar-refractivity contribution is 7.00. The second-order valence-electron chi connectivity index (χ2n) is 28.4. The third kappa shape index (κ3) is 9.43. The number of benzene rings is 7. The number of rotatable bonds is 5. The Balaban J connectivity index is 1.53. The van der Waals surface area contributed by atoms with Gasteiger partial charge in [-0.3, -0.25) is 0 Å². The second-order valence-corrected chi connectivity index (χ2v) is 28.4. The molecule has 2 heterocycles. The number of aryl methyl sites for hydroxylation is 4. The molecule has 0 aromatic heterocycles. The van der Waals surface area contributed by atoms with Gasteiger partial charge in [0.1, 0.15) is 0 Å². The van der Waals surface area contributed by atoms with Crippen LogP contribution in [0.3, 0.4) is 0 Å². The molecular weight excluding hydrogens is 894 g/mol. The summed E-state index contributed by atoms with van der Waals surface area (Å²) in [6.45, 7) is 51.6. The molecule has 7 aromatic carbocycles. The van der Waals surface area contributed by atoms with E-state index in [1.165, 1.54) is 118 Å². The first kappa shape index (κ1) is 52.9. The second kappa shape index (κ2) is 17.8. The van der Waals surface area contributed by atoms with Crippen molar-refractivity contribution >= 4 is 74.3 Å². The number of anilines is 9. The monoisotopic (exact) mass is 980 g/mol. The Morgan fingerprint density at radius 1 is 0.311 bits per heavy atom. The van der Waals surface area contributed by atoms with Gasteiger partial charge in [0, 0.05) is 34.1 Å². The average molecular weight is 980 g/mol. The van der Waals surface area contributed by atoms with Crippen molar-refractivity contribution in [2.24, 2.45) is 0 Å². The summed E-state index contributed by atoms with van der Waals surface area (Å²) >= 11 is 0. The van der Waals surface area contributed by atoms with Crippen LogP contribution in [0.15, 0.2) is 121 Å². The summed E-state index contributed by atoms with van der Waals surface area (Å²) < 4.78 is 0. The Morgan fingerprint density at radius 3 is 0.878 bits per heavy atom. The van der Waals surface area contributed by atoms with Crippen molar-refractivity contribution in [3.63, 3.8) is 0 Å². The number of nitrogens with zero attached hydrogens (tertiary/aromatic N) is 3. The quantitative estimate of drug-likeness (QED) is 0.159. The lowest BCUT2D eigenvalue weighted by atomic mass is 9.33. The van der Waals surface area contributed by atoms with E-state index < -0.39 is 0 Å². The van der Waals surface area contributed by atoms with Crippen molar-refractivity contribution in [1.29, 1.82) is 0 Å². The Bertz CT molecular complexity index is 3020. The molecule has 74 heavy (non-hydrogen) atoms. The molecule has 2 aliphatic rings. The zero-order chi connectivity index (χ0) is 54.2. The summed E-state index contributed by atoms with van der Waals surface area (Å²) in [5, 5.41) is 0. The summed E-state index contributed by atoms with van der Waals surface area (Å²) in [5.74, 6) is 0. The van der Waals surface area contributed by atoms with Crippen molar-refractivity contribution in [1.82, 2.24) is 0 Å². The molecule has 0 saturated heterocycles. The topological polar surface area (TPSA) is 9.72 Å². The average Bonchev–Trinajstić information content (AvgIpc) is 3.28. The van der Waals surface area contributed by atoms with E-state index in [1.807, 2.05) is 0 Å². The molecule has 9 rings (SSSR count). The van der Waals surface area contributed by atoms with Gasteiger partial charge >= 0.3 is 0 Å². The fourth-order valence-corrected chi connectivity index (χ4v) is 11.5. The van der Waals surface area contributed by atoms with Crippen LogP contribution >= 0.6 is 0 Å². The molecule has 0 aliphatic carbocycles. The summed E-state index contributed by atoms with van der Waals surface area (Å²) in [7, 11) is 0. The maximum atomic E-state index is 2.66. The van der Waals surface area contributed by atoms with Crippen molar-refractivity contribution in [2.45, 2.75) is 185 Å². The normalized spacial score (nSPS) is 14.0. The standard InChI is InChI=1S/C70H86BN3/c1-43-25-23-26-44(2)63(43)73-58-31-29-47(65(5,6)7)39-56(58)71-57-40-48(66(8,9)10)30-32-59(57)74(64-45(3)27-24-28-46(64)4)61-42-55(41-60(73)62(61)71)72(53-35-49(67(11,12)13)33-50(36-53)68(14,15)16)54-37-51(69(17,18)19)34-52(38-54)70(20,21)22/h23-42H,1-22H3. The van der Waals surface area contributed by atoms with Crippen LogP contribution in [0.25, 0.3) is 0 Å². The molecule has 0 unspecified atom stereocenters. The lowest BCUT2D eigenvalue weighted by molar-refractivity contribution is 0.568. The van der Waals surface area contributed by atoms with Gasteiger partial charge in [-0.1, -0.05) is 197 Å². The van der Waals surface area contributed by atoms with Crippen LogP contribution < -0.4 is 31.1 Å². The van der Waals surface area contributed by atoms with Crippen molar-refractivity contribution in [2.75, 3.05) is 14.7 Å². The zero-order valence-corrected chi connectivity index (χ0v) is 49.5. The van der Waals surface area contributed by atoms with Gasteiger partial charge in [-0.25, -0.2) is 0 Å². The van der Waals surface area contributed by atoms with E-state index >= 15 is 0 Å². The fraction of sp³-hybridized carbons (Fsp3) is 0.400. The zero-order valence-electron chi connectivity index (χ0n) is 49.5. The van der Waals surface area contributed by atoms with E-state index in [2.05, 4.69) is 288 Å². The molecule has 0 amide bonds. The third-order valence-electron chi connectivity index (χ3n) is 16.2. The molecule has 384 valence electrons. The van der Waals surface area contributed by atoms with Gasteiger partial charge in [-0.05, 0) is 181 Å². The van der Waals surface area contributed by atoms with Gasteiger partial charge in [0.05, 0.1) is 17.1 Å². The van der Waals surface area contributed by atoms with Gasteiger partial charge in [0.15, 0.2) is 0 Å². The minimum Gasteiger partial charge on any atom is -0.311 e. The number of hydrogen-bond donors (Lipinski definition) is 0. The molecule has 0 spiro atoms. The van der Waals surface area contributed by atoms with Gasteiger partial charge < -0.3 is 14.7 Å². The Labute approximate surface area is 448 Å². The number of hydrogen-bond acceptors (Lipinski definition) is 3. The molecule has 3 nitrogen and oxygen atoms in total. The van der Waals surface area contributed by atoms with Crippen LogP contribution in [0.4, 0.5) is 51.2 Å². The van der Waals surface area contributed by atoms with E-state index in [4.69, 9.17) is 0 Å². The van der Waals surface area contributed by atoms with E-state index in [0.29, 0.717) is 0 Å². The maximum absolute atomic E-state index is 2.66. The molecule has 0 fully saturated rings. The number of fused-ring (bicyclic) bond motifs is 4. The maximum Gasteiger partial charge on any atom is 0.252 e. The first-order valence-corrected chi connectivity index (χ1v) is 27.5. The molecule has 2 aliphatic heterocycles. The molecule has 0 bridgehead atoms. The Kier molecular flexibility index (Phi) is 12.7. The summed E-state index contributed by atoms with van der Waals surface area (Å²) in [5.41, 5.74) is 27.5. The van der Waals surface area contributed by atoms with Gasteiger partial charge in [-0.15, -0.1) is 0 Å². The van der Waals surface area contributed by atoms with Crippen molar-refractivity contribution < 1.29 is 0 Å². The predicted molar refractivity (Wildman–Crippen MR) is 326 cm³/mol. The first-order chi connectivity index (χ1) is 34.1.